The number of anilines is 1. The molecule has 33 heavy (non-hydrogen) atoms. The summed E-state index contributed by atoms with van der Waals surface area (Å²) in [4.78, 5) is 12.6. The molecule has 2 heterocycles. The van der Waals surface area contributed by atoms with Gasteiger partial charge in [0.2, 0.25) is 0 Å². The monoisotopic (exact) mass is 466 g/mol. The fourth-order valence-electron chi connectivity index (χ4n) is 2.86. The molecule has 0 aliphatic carbocycles. The SMILES string of the molecule is C=C(/C=C\C=C(/N)Nc1sc(-c2ccccc2O)cc1C(N)=O)Cn1cc(C(C)(C)O)nn1. The summed E-state index contributed by atoms with van der Waals surface area (Å²) >= 11 is 1.26. The van der Waals surface area contributed by atoms with E-state index < -0.39 is 11.5 Å². The molecule has 172 valence electrons. The molecule has 0 spiro atoms. The molecule has 0 saturated carbocycles. The molecule has 0 aliphatic rings. The normalized spacial score (nSPS) is 12.3. The summed E-state index contributed by atoms with van der Waals surface area (Å²) in [6, 6.07) is 8.46. The number of rotatable bonds is 9. The molecule has 0 unspecified atom stereocenters. The Hall–Kier alpha value is -3.89. The van der Waals surface area contributed by atoms with Crippen LogP contribution in [0.3, 0.4) is 0 Å². The van der Waals surface area contributed by atoms with Gasteiger partial charge in [-0.05, 0) is 43.7 Å². The first-order valence-corrected chi connectivity index (χ1v) is 10.8. The largest absolute Gasteiger partial charge is 0.507 e. The number of phenols is 1. The number of amides is 1. The van der Waals surface area contributed by atoms with E-state index >= 15 is 0 Å². The number of nitrogens with zero attached hydrogens (tertiary/aromatic N) is 3. The van der Waals surface area contributed by atoms with Crippen molar-refractivity contribution in [3.63, 3.8) is 0 Å². The van der Waals surface area contributed by atoms with Gasteiger partial charge in [-0.2, -0.15) is 0 Å². The van der Waals surface area contributed by atoms with Crippen LogP contribution in [0.4, 0.5) is 5.00 Å². The second kappa shape index (κ2) is 9.72. The lowest BCUT2D eigenvalue weighted by Crippen LogP contribution is -2.15. The van der Waals surface area contributed by atoms with Crippen LogP contribution >= 0.6 is 11.3 Å². The number of carbonyl (C=O) groups is 1. The fraction of sp³-hybridized carbons (Fsp3) is 0.174. The lowest BCUT2D eigenvalue weighted by atomic mass is 10.1. The van der Waals surface area contributed by atoms with Crippen molar-refractivity contribution in [2.75, 3.05) is 5.32 Å². The van der Waals surface area contributed by atoms with Gasteiger partial charge in [-0.1, -0.05) is 36.1 Å². The molecular formula is C23H26N6O3S. The molecule has 0 saturated heterocycles. The molecule has 0 bridgehead atoms. The van der Waals surface area contributed by atoms with Crippen molar-refractivity contribution >= 4 is 22.2 Å². The summed E-state index contributed by atoms with van der Waals surface area (Å²) in [7, 11) is 0. The van der Waals surface area contributed by atoms with Gasteiger partial charge in [0.05, 0.1) is 18.3 Å². The zero-order valence-electron chi connectivity index (χ0n) is 18.3. The van der Waals surface area contributed by atoms with E-state index in [0.29, 0.717) is 27.7 Å². The van der Waals surface area contributed by atoms with Crippen molar-refractivity contribution < 1.29 is 15.0 Å². The Kier molecular flexibility index (Phi) is 7.00. The van der Waals surface area contributed by atoms with E-state index in [0.717, 1.165) is 5.57 Å². The van der Waals surface area contributed by atoms with Crippen LogP contribution in [-0.2, 0) is 12.1 Å². The van der Waals surface area contributed by atoms with Crippen molar-refractivity contribution in [2.45, 2.75) is 26.0 Å². The summed E-state index contributed by atoms with van der Waals surface area (Å²) in [6.45, 7) is 7.64. The highest BCUT2D eigenvalue weighted by atomic mass is 32.1. The van der Waals surface area contributed by atoms with E-state index in [9.17, 15) is 15.0 Å². The highest BCUT2D eigenvalue weighted by Gasteiger charge is 2.20. The number of primary amides is 1. The van der Waals surface area contributed by atoms with E-state index in [1.54, 1.807) is 73.3 Å². The van der Waals surface area contributed by atoms with Crippen molar-refractivity contribution in [3.8, 4) is 16.2 Å². The Bertz CT molecular complexity index is 1230. The molecule has 9 nitrogen and oxygen atoms in total. The standard InChI is InChI=1S/C23H26N6O3S/c1-14(12-29-13-19(27-28-29)23(2,3)32)7-6-10-20(24)26-22-16(21(25)31)11-18(33-22)15-8-4-5-9-17(15)30/h4-11,13,26,30,32H,1,12,24H2,2-3H3,(H2,25,31)/b7-6-,20-10+. The number of aliphatic hydroxyl groups is 1. The van der Waals surface area contributed by atoms with E-state index in [2.05, 4.69) is 22.2 Å². The quantitative estimate of drug-likeness (QED) is 0.304. The average molecular weight is 467 g/mol. The Morgan fingerprint density at radius 1 is 1.33 bits per heavy atom. The molecular weight excluding hydrogens is 440 g/mol. The summed E-state index contributed by atoms with van der Waals surface area (Å²) in [5.41, 5.74) is 12.6. The number of aromatic nitrogens is 3. The van der Waals surface area contributed by atoms with Crippen LogP contribution in [-0.4, -0.2) is 31.1 Å². The Labute approximate surface area is 195 Å². The highest BCUT2D eigenvalue weighted by molar-refractivity contribution is 7.19. The molecule has 1 amide bonds. The topological polar surface area (TPSA) is 152 Å². The molecule has 2 aromatic heterocycles. The Balaban J connectivity index is 1.68. The Morgan fingerprint density at radius 3 is 2.70 bits per heavy atom. The lowest BCUT2D eigenvalue weighted by Gasteiger charge is -2.11. The molecule has 10 heteroatoms. The minimum atomic E-state index is -1.07. The summed E-state index contributed by atoms with van der Waals surface area (Å²) < 4.78 is 1.58. The van der Waals surface area contributed by atoms with Crippen LogP contribution in [0.15, 0.2) is 72.7 Å². The van der Waals surface area contributed by atoms with Crippen LogP contribution in [0.5, 0.6) is 5.75 Å². The third-order valence-corrected chi connectivity index (χ3v) is 5.65. The highest BCUT2D eigenvalue weighted by Crippen LogP contribution is 2.39. The van der Waals surface area contributed by atoms with Gasteiger partial charge in [-0.3, -0.25) is 4.79 Å². The summed E-state index contributed by atoms with van der Waals surface area (Å²) in [6.07, 6.45) is 6.75. The molecule has 3 aromatic rings. The van der Waals surface area contributed by atoms with Gasteiger partial charge < -0.3 is 27.0 Å². The first-order valence-electron chi connectivity index (χ1n) is 9.98. The number of benzene rings is 1. The maximum atomic E-state index is 11.9. The lowest BCUT2D eigenvalue weighted by molar-refractivity contribution is 0.0737. The van der Waals surface area contributed by atoms with Gasteiger partial charge in [-0.15, -0.1) is 16.4 Å². The fourth-order valence-corrected chi connectivity index (χ4v) is 3.98. The minimum absolute atomic E-state index is 0.105. The molecule has 0 fully saturated rings. The molecule has 0 radical (unpaired) electrons. The van der Waals surface area contributed by atoms with Gasteiger partial charge in [0.25, 0.3) is 5.91 Å². The van der Waals surface area contributed by atoms with Gasteiger partial charge in [-0.25, -0.2) is 4.68 Å². The van der Waals surface area contributed by atoms with Gasteiger partial charge in [0.15, 0.2) is 0 Å². The van der Waals surface area contributed by atoms with Gasteiger partial charge in [0, 0.05) is 10.4 Å². The average Bonchev–Trinajstić information content (AvgIpc) is 3.35. The molecule has 0 atom stereocenters. The van der Waals surface area contributed by atoms with E-state index in [1.165, 1.54) is 11.3 Å². The first-order chi connectivity index (χ1) is 15.5. The molecule has 7 N–H and O–H groups in total. The Morgan fingerprint density at radius 2 is 2.06 bits per heavy atom. The number of phenolic OH excluding ortho intramolecular Hbond substituents is 1. The number of hydrogen-bond acceptors (Lipinski definition) is 8. The molecule has 1 aromatic carbocycles. The number of thiophene rings is 1. The molecule has 0 aliphatic heterocycles. The third kappa shape index (κ3) is 6.09. The number of aromatic hydroxyl groups is 1. The second-order valence-electron chi connectivity index (χ2n) is 7.86. The minimum Gasteiger partial charge on any atom is -0.507 e. The van der Waals surface area contributed by atoms with Crippen LogP contribution in [0, 0.1) is 0 Å². The van der Waals surface area contributed by atoms with Gasteiger partial charge in [0.1, 0.15) is 27.9 Å². The zero-order chi connectivity index (χ0) is 24.2. The second-order valence-corrected chi connectivity index (χ2v) is 8.91. The maximum Gasteiger partial charge on any atom is 0.251 e. The number of para-hydroxylation sites is 1. The third-order valence-electron chi connectivity index (χ3n) is 4.56. The predicted octanol–water partition coefficient (Wildman–Crippen LogP) is 3.06. The summed E-state index contributed by atoms with van der Waals surface area (Å²) in [5, 5.41) is 31.5. The van der Waals surface area contributed by atoms with Crippen LogP contribution < -0.4 is 16.8 Å². The van der Waals surface area contributed by atoms with Crippen LogP contribution in [0.25, 0.3) is 10.4 Å². The van der Waals surface area contributed by atoms with Gasteiger partial charge >= 0.3 is 0 Å². The van der Waals surface area contributed by atoms with Crippen molar-refractivity contribution in [3.05, 3.63) is 84.0 Å². The number of allylic oxidation sites excluding steroid dienone is 4. The smallest absolute Gasteiger partial charge is 0.251 e. The first kappa shape index (κ1) is 23.8. The van der Waals surface area contributed by atoms with Crippen molar-refractivity contribution in [1.82, 2.24) is 15.0 Å². The van der Waals surface area contributed by atoms with E-state index in [1.807, 2.05) is 0 Å². The number of hydrogen-bond donors (Lipinski definition) is 5. The maximum absolute atomic E-state index is 11.9. The van der Waals surface area contributed by atoms with Crippen LogP contribution in [0.1, 0.15) is 29.9 Å². The van der Waals surface area contributed by atoms with Crippen molar-refractivity contribution in [2.24, 2.45) is 11.5 Å². The number of carbonyl (C=O) groups excluding carboxylic acids is 1. The number of nitrogens with one attached hydrogen (secondary N) is 1. The number of nitrogens with two attached hydrogens (primary N) is 2. The van der Waals surface area contributed by atoms with E-state index in [4.69, 9.17) is 11.5 Å². The zero-order valence-corrected chi connectivity index (χ0v) is 19.1. The van der Waals surface area contributed by atoms with E-state index in [-0.39, 0.29) is 17.1 Å². The van der Waals surface area contributed by atoms with Crippen molar-refractivity contribution in [1.29, 1.82) is 0 Å². The summed E-state index contributed by atoms with van der Waals surface area (Å²) in [5.74, 6) is -0.212. The predicted molar refractivity (Wildman–Crippen MR) is 129 cm³/mol. The van der Waals surface area contributed by atoms with Crippen LogP contribution in [0.2, 0.25) is 0 Å². The molecule has 3 rings (SSSR count).